The lowest BCUT2D eigenvalue weighted by Gasteiger charge is -2.19. The monoisotopic (exact) mass is 407 g/mol. The number of rotatable bonds is 9. The van der Waals surface area contributed by atoms with Crippen LogP contribution in [0.15, 0.2) is 54.6 Å². The Kier molecular flexibility index (Phi) is 7.17. The summed E-state index contributed by atoms with van der Waals surface area (Å²) < 4.78 is 17.2. The van der Waals surface area contributed by atoms with Crippen molar-refractivity contribution >= 4 is 16.7 Å². The molecule has 0 saturated heterocycles. The lowest BCUT2D eigenvalue weighted by molar-refractivity contribution is 0.0938. The van der Waals surface area contributed by atoms with Gasteiger partial charge < -0.3 is 19.5 Å². The van der Waals surface area contributed by atoms with Gasteiger partial charge in [0.05, 0.1) is 25.9 Å². The summed E-state index contributed by atoms with van der Waals surface area (Å²) >= 11 is 0. The highest BCUT2D eigenvalue weighted by atomic mass is 16.5. The average Bonchev–Trinajstić information content (AvgIpc) is 2.75. The van der Waals surface area contributed by atoms with E-state index in [9.17, 15) is 4.79 Å². The molecule has 0 aromatic heterocycles. The zero-order valence-electron chi connectivity index (χ0n) is 18.0. The number of hydrogen-bond donors (Lipinski definition) is 1. The van der Waals surface area contributed by atoms with Crippen molar-refractivity contribution in [3.8, 4) is 17.2 Å². The van der Waals surface area contributed by atoms with Gasteiger partial charge in [0.25, 0.3) is 5.91 Å². The number of hydrogen-bond acceptors (Lipinski definition) is 4. The number of benzene rings is 3. The van der Waals surface area contributed by atoms with Crippen LogP contribution in [0, 0.1) is 0 Å². The molecule has 5 heteroatoms. The predicted molar refractivity (Wildman–Crippen MR) is 120 cm³/mol. The zero-order valence-corrected chi connectivity index (χ0v) is 18.0. The first kappa shape index (κ1) is 21.5. The topological polar surface area (TPSA) is 56.8 Å². The molecule has 0 spiro atoms. The SMILES string of the molecule is CCOc1cc(C(=O)N[C@@H](C)c2ccc3ccccc3c2)cc(OCC)c1OCC. The molecule has 1 amide bonds. The van der Waals surface area contributed by atoms with E-state index in [0.717, 1.165) is 10.9 Å². The maximum absolute atomic E-state index is 13.0. The molecular formula is C25H29NO4. The quantitative estimate of drug-likeness (QED) is 0.507. The van der Waals surface area contributed by atoms with Gasteiger partial charge >= 0.3 is 0 Å². The maximum Gasteiger partial charge on any atom is 0.252 e. The van der Waals surface area contributed by atoms with Crippen LogP contribution in [0.3, 0.4) is 0 Å². The zero-order chi connectivity index (χ0) is 21.5. The van der Waals surface area contributed by atoms with Gasteiger partial charge in [0.15, 0.2) is 11.5 Å². The third-order valence-corrected chi connectivity index (χ3v) is 4.79. The molecule has 0 unspecified atom stereocenters. The second kappa shape index (κ2) is 10.0. The van der Waals surface area contributed by atoms with Crippen LogP contribution in [0.1, 0.15) is 49.7 Å². The van der Waals surface area contributed by atoms with Gasteiger partial charge in [0.2, 0.25) is 5.75 Å². The van der Waals surface area contributed by atoms with E-state index in [0.29, 0.717) is 42.6 Å². The van der Waals surface area contributed by atoms with Gasteiger partial charge in [-0.25, -0.2) is 0 Å². The van der Waals surface area contributed by atoms with Crippen molar-refractivity contribution in [1.29, 1.82) is 0 Å². The van der Waals surface area contributed by atoms with E-state index < -0.39 is 0 Å². The fourth-order valence-corrected chi connectivity index (χ4v) is 3.36. The molecule has 1 N–H and O–H groups in total. The highest BCUT2D eigenvalue weighted by Gasteiger charge is 2.19. The van der Waals surface area contributed by atoms with Crippen molar-refractivity contribution in [3.05, 3.63) is 65.7 Å². The molecule has 0 heterocycles. The van der Waals surface area contributed by atoms with Crippen molar-refractivity contribution in [2.45, 2.75) is 33.7 Å². The third-order valence-electron chi connectivity index (χ3n) is 4.79. The molecule has 0 aliphatic carbocycles. The van der Waals surface area contributed by atoms with E-state index in [-0.39, 0.29) is 11.9 Å². The number of fused-ring (bicyclic) bond motifs is 1. The number of carbonyl (C=O) groups excluding carboxylic acids is 1. The highest BCUT2D eigenvalue weighted by molar-refractivity contribution is 5.96. The lowest BCUT2D eigenvalue weighted by Crippen LogP contribution is -2.26. The minimum absolute atomic E-state index is 0.153. The Morgan fingerprint density at radius 2 is 1.43 bits per heavy atom. The van der Waals surface area contributed by atoms with E-state index in [2.05, 4.69) is 29.6 Å². The first-order chi connectivity index (χ1) is 14.6. The van der Waals surface area contributed by atoms with E-state index in [1.165, 1.54) is 5.39 Å². The third kappa shape index (κ3) is 4.85. The van der Waals surface area contributed by atoms with Crippen LogP contribution < -0.4 is 19.5 Å². The number of ether oxygens (including phenoxy) is 3. The lowest BCUT2D eigenvalue weighted by atomic mass is 10.0. The molecule has 0 saturated carbocycles. The Morgan fingerprint density at radius 3 is 2.03 bits per heavy atom. The summed E-state index contributed by atoms with van der Waals surface area (Å²) in [6.45, 7) is 9.06. The summed E-state index contributed by atoms with van der Waals surface area (Å²) in [6.07, 6.45) is 0. The van der Waals surface area contributed by atoms with Gasteiger partial charge in [-0.05, 0) is 62.2 Å². The molecule has 0 aliphatic rings. The van der Waals surface area contributed by atoms with Gasteiger partial charge in [-0.3, -0.25) is 4.79 Å². The standard InChI is InChI=1S/C25H29NO4/c1-5-28-22-15-21(16-23(29-6-2)24(22)30-7-3)25(27)26-17(4)19-13-12-18-10-8-9-11-20(18)14-19/h8-17H,5-7H2,1-4H3,(H,26,27)/t17-/m0/s1. The van der Waals surface area contributed by atoms with Gasteiger partial charge in [-0.1, -0.05) is 36.4 Å². The van der Waals surface area contributed by atoms with Gasteiger partial charge in [-0.15, -0.1) is 0 Å². The molecule has 3 aromatic rings. The van der Waals surface area contributed by atoms with Crippen molar-refractivity contribution in [1.82, 2.24) is 5.32 Å². The van der Waals surface area contributed by atoms with E-state index in [1.807, 2.05) is 45.9 Å². The maximum atomic E-state index is 13.0. The van der Waals surface area contributed by atoms with Crippen molar-refractivity contribution < 1.29 is 19.0 Å². The van der Waals surface area contributed by atoms with Crippen molar-refractivity contribution in [3.63, 3.8) is 0 Å². The van der Waals surface area contributed by atoms with Crippen LogP contribution in [-0.2, 0) is 0 Å². The summed E-state index contributed by atoms with van der Waals surface area (Å²) in [5, 5.41) is 5.40. The largest absolute Gasteiger partial charge is 0.490 e. The minimum Gasteiger partial charge on any atom is -0.490 e. The summed E-state index contributed by atoms with van der Waals surface area (Å²) in [7, 11) is 0. The first-order valence-electron chi connectivity index (χ1n) is 10.4. The normalized spacial score (nSPS) is 11.7. The molecule has 0 aliphatic heterocycles. The van der Waals surface area contributed by atoms with E-state index >= 15 is 0 Å². The van der Waals surface area contributed by atoms with Crippen LogP contribution >= 0.6 is 0 Å². The Bertz CT molecular complexity index is 988. The second-order valence-corrected chi connectivity index (χ2v) is 6.90. The molecule has 5 nitrogen and oxygen atoms in total. The molecule has 3 aromatic carbocycles. The predicted octanol–water partition coefficient (Wildman–Crippen LogP) is 5.53. The summed E-state index contributed by atoms with van der Waals surface area (Å²) in [4.78, 5) is 13.0. The Labute approximate surface area is 178 Å². The van der Waals surface area contributed by atoms with Crippen LogP contribution in [0.5, 0.6) is 17.2 Å². The van der Waals surface area contributed by atoms with Gasteiger partial charge in [0.1, 0.15) is 0 Å². The summed E-state index contributed by atoms with van der Waals surface area (Å²) in [6, 6.07) is 17.7. The molecule has 1 atom stereocenters. The Hall–Kier alpha value is -3.21. The molecule has 0 fully saturated rings. The fraction of sp³-hybridized carbons (Fsp3) is 0.320. The molecule has 158 valence electrons. The van der Waals surface area contributed by atoms with Crippen molar-refractivity contribution in [2.24, 2.45) is 0 Å². The fourth-order valence-electron chi connectivity index (χ4n) is 3.36. The van der Waals surface area contributed by atoms with E-state index in [4.69, 9.17) is 14.2 Å². The number of carbonyl (C=O) groups is 1. The average molecular weight is 408 g/mol. The number of amides is 1. The van der Waals surface area contributed by atoms with Crippen LogP contribution in [-0.4, -0.2) is 25.7 Å². The Morgan fingerprint density at radius 1 is 0.833 bits per heavy atom. The molecular weight excluding hydrogens is 378 g/mol. The first-order valence-corrected chi connectivity index (χ1v) is 10.4. The summed E-state index contributed by atoms with van der Waals surface area (Å²) in [5.74, 6) is 1.35. The second-order valence-electron chi connectivity index (χ2n) is 6.90. The Balaban J connectivity index is 1.87. The van der Waals surface area contributed by atoms with Crippen LogP contribution in [0.25, 0.3) is 10.8 Å². The van der Waals surface area contributed by atoms with Crippen molar-refractivity contribution in [2.75, 3.05) is 19.8 Å². The van der Waals surface area contributed by atoms with Crippen LogP contribution in [0.4, 0.5) is 0 Å². The molecule has 0 bridgehead atoms. The molecule has 3 rings (SSSR count). The van der Waals surface area contributed by atoms with Crippen LogP contribution in [0.2, 0.25) is 0 Å². The van der Waals surface area contributed by atoms with Gasteiger partial charge in [0, 0.05) is 5.56 Å². The smallest absolute Gasteiger partial charge is 0.252 e. The number of nitrogens with one attached hydrogen (secondary N) is 1. The summed E-state index contributed by atoms with van der Waals surface area (Å²) in [5.41, 5.74) is 1.51. The van der Waals surface area contributed by atoms with Gasteiger partial charge in [-0.2, -0.15) is 0 Å². The highest BCUT2D eigenvalue weighted by Crippen LogP contribution is 2.39. The molecule has 30 heavy (non-hydrogen) atoms. The van der Waals surface area contributed by atoms with E-state index in [1.54, 1.807) is 12.1 Å². The molecule has 0 radical (unpaired) electrons. The minimum atomic E-state index is -0.194.